The molecule has 4 nitrogen and oxygen atoms in total. The minimum Gasteiger partial charge on any atom is -0.481 e. The Balaban J connectivity index is 3.28. The molecule has 1 aromatic carbocycles. The maximum absolute atomic E-state index is 13.7. The standard InChI is InChI=1S/C12H14F2O4S/c1-12(2,11(15)16)6-7-4-9(14)10(5-8(7)13)19(3,17)18/h4-5H,6H2,1-3H3,(H,15,16). The maximum atomic E-state index is 13.7. The molecule has 0 bridgehead atoms. The molecule has 0 aliphatic carbocycles. The topological polar surface area (TPSA) is 71.4 Å². The monoisotopic (exact) mass is 292 g/mol. The van der Waals surface area contributed by atoms with Crippen molar-refractivity contribution >= 4 is 15.8 Å². The van der Waals surface area contributed by atoms with Crippen LogP contribution < -0.4 is 0 Å². The molecule has 1 rings (SSSR count). The summed E-state index contributed by atoms with van der Waals surface area (Å²) in [5.41, 5.74) is -1.45. The lowest BCUT2D eigenvalue weighted by Crippen LogP contribution is -2.26. The number of carboxylic acid groups (broad SMARTS) is 1. The number of aliphatic carboxylic acids is 1. The molecule has 0 atom stereocenters. The zero-order valence-electron chi connectivity index (χ0n) is 10.7. The van der Waals surface area contributed by atoms with Gasteiger partial charge in [-0.1, -0.05) is 0 Å². The van der Waals surface area contributed by atoms with Gasteiger partial charge >= 0.3 is 5.97 Å². The van der Waals surface area contributed by atoms with Crippen LogP contribution in [0.4, 0.5) is 8.78 Å². The first kappa shape index (κ1) is 15.6. The molecule has 0 heterocycles. The zero-order chi connectivity index (χ0) is 15.0. The van der Waals surface area contributed by atoms with Gasteiger partial charge in [-0.25, -0.2) is 17.2 Å². The van der Waals surface area contributed by atoms with Crippen LogP contribution in [0.25, 0.3) is 0 Å². The number of halogens is 2. The van der Waals surface area contributed by atoms with Crippen molar-refractivity contribution in [2.45, 2.75) is 25.2 Å². The number of hydrogen-bond acceptors (Lipinski definition) is 3. The fourth-order valence-corrected chi connectivity index (χ4v) is 2.27. The van der Waals surface area contributed by atoms with Crippen molar-refractivity contribution < 1.29 is 27.1 Å². The molecule has 19 heavy (non-hydrogen) atoms. The fourth-order valence-electron chi connectivity index (χ4n) is 1.54. The number of hydrogen-bond donors (Lipinski definition) is 1. The third-order valence-electron chi connectivity index (χ3n) is 2.71. The summed E-state index contributed by atoms with van der Waals surface area (Å²) >= 11 is 0. The van der Waals surface area contributed by atoms with Gasteiger partial charge in [-0.15, -0.1) is 0 Å². The van der Waals surface area contributed by atoms with Gasteiger partial charge in [-0.2, -0.15) is 0 Å². The highest BCUT2D eigenvalue weighted by Crippen LogP contribution is 2.26. The van der Waals surface area contributed by atoms with Gasteiger partial charge in [0, 0.05) is 6.26 Å². The summed E-state index contributed by atoms with van der Waals surface area (Å²) in [5.74, 6) is -3.17. The maximum Gasteiger partial charge on any atom is 0.309 e. The van der Waals surface area contributed by atoms with E-state index in [-0.39, 0.29) is 12.0 Å². The van der Waals surface area contributed by atoms with Gasteiger partial charge in [-0.3, -0.25) is 4.79 Å². The van der Waals surface area contributed by atoms with E-state index in [1.165, 1.54) is 13.8 Å². The Kier molecular flexibility index (Phi) is 4.00. The number of carbonyl (C=O) groups is 1. The van der Waals surface area contributed by atoms with Gasteiger partial charge < -0.3 is 5.11 Å². The first-order valence-corrected chi connectivity index (χ1v) is 7.25. The fraction of sp³-hybridized carbons (Fsp3) is 0.417. The van der Waals surface area contributed by atoms with Crippen LogP contribution in [0.1, 0.15) is 19.4 Å². The lowest BCUT2D eigenvalue weighted by atomic mass is 9.86. The summed E-state index contributed by atoms with van der Waals surface area (Å²) in [4.78, 5) is 10.2. The van der Waals surface area contributed by atoms with Crippen molar-refractivity contribution in [2.75, 3.05) is 6.26 Å². The minimum absolute atomic E-state index is 0.169. The van der Waals surface area contributed by atoms with Gasteiger partial charge in [0.1, 0.15) is 16.5 Å². The molecular formula is C12H14F2O4S. The normalized spacial score (nSPS) is 12.5. The SMILES string of the molecule is CC(C)(Cc1cc(F)c(S(C)(=O)=O)cc1F)C(=O)O. The van der Waals surface area contributed by atoms with Crippen molar-refractivity contribution in [3.63, 3.8) is 0 Å². The zero-order valence-corrected chi connectivity index (χ0v) is 11.5. The summed E-state index contributed by atoms with van der Waals surface area (Å²) in [6, 6.07) is 1.31. The van der Waals surface area contributed by atoms with Crippen molar-refractivity contribution in [1.82, 2.24) is 0 Å². The molecule has 0 aromatic heterocycles. The smallest absolute Gasteiger partial charge is 0.309 e. The van der Waals surface area contributed by atoms with E-state index in [1.807, 2.05) is 0 Å². The van der Waals surface area contributed by atoms with Crippen LogP contribution in [0.15, 0.2) is 17.0 Å². The number of sulfone groups is 1. The van der Waals surface area contributed by atoms with E-state index in [0.29, 0.717) is 6.07 Å². The van der Waals surface area contributed by atoms with Crippen LogP contribution in [0.2, 0.25) is 0 Å². The second-order valence-electron chi connectivity index (χ2n) is 5.01. The largest absolute Gasteiger partial charge is 0.481 e. The minimum atomic E-state index is -3.86. The van der Waals surface area contributed by atoms with Gasteiger partial charge in [0.05, 0.1) is 5.41 Å². The number of benzene rings is 1. The van der Waals surface area contributed by atoms with Crippen molar-refractivity contribution in [3.05, 3.63) is 29.3 Å². The summed E-state index contributed by atoms with van der Waals surface area (Å²) < 4.78 is 49.8. The Bertz CT molecular complexity index is 621. The molecule has 0 unspecified atom stereocenters. The lowest BCUT2D eigenvalue weighted by molar-refractivity contribution is -0.146. The summed E-state index contributed by atoms with van der Waals surface area (Å²) in [5, 5.41) is 8.93. The molecule has 7 heteroatoms. The first-order valence-electron chi connectivity index (χ1n) is 5.36. The van der Waals surface area contributed by atoms with E-state index in [9.17, 15) is 22.0 Å². The van der Waals surface area contributed by atoms with E-state index < -0.39 is 37.8 Å². The Morgan fingerprint density at radius 3 is 2.21 bits per heavy atom. The second-order valence-corrected chi connectivity index (χ2v) is 7.00. The first-order chi connectivity index (χ1) is 8.45. The third kappa shape index (κ3) is 3.50. The lowest BCUT2D eigenvalue weighted by Gasteiger charge is -2.19. The van der Waals surface area contributed by atoms with Crippen molar-refractivity contribution in [3.8, 4) is 0 Å². The van der Waals surface area contributed by atoms with Crippen LogP contribution in [-0.2, 0) is 21.1 Å². The Morgan fingerprint density at radius 2 is 1.79 bits per heavy atom. The highest BCUT2D eigenvalue weighted by molar-refractivity contribution is 7.90. The average molecular weight is 292 g/mol. The molecule has 0 radical (unpaired) electrons. The molecule has 0 saturated heterocycles. The Hall–Kier alpha value is -1.50. The highest BCUT2D eigenvalue weighted by Gasteiger charge is 2.29. The quantitative estimate of drug-likeness (QED) is 0.921. The number of rotatable bonds is 4. The van der Waals surface area contributed by atoms with Crippen LogP contribution in [0, 0.1) is 17.0 Å². The predicted molar refractivity (Wildman–Crippen MR) is 64.6 cm³/mol. The summed E-state index contributed by atoms with van der Waals surface area (Å²) in [7, 11) is -3.86. The molecule has 0 aliphatic heterocycles. The second kappa shape index (κ2) is 4.88. The summed E-state index contributed by atoms with van der Waals surface area (Å²) in [6.45, 7) is 2.74. The molecule has 1 aromatic rings. The van der Waals surface area contributed by atoms with E-state index in [2.05, 4.69) is 0 Å². The molecule has 0 amide bonds. The van der Waals surface area contributed by atoms with Crippen molar-refractivity contribution in [1.29, 1.82) is 0 Å². The predicted octanol–water partition coefficient (Wildman–Crippen LogP) is 2.02. The molecule has 0 fully saturated rings. The average Bonchev–Trinajstić information content (AvgIpc) is 2.20. The molecule has 1 N–H and O–H groups in total. The Labute approximate surface area is 110 Å². The number of carboxylic acids is 1. The van der Waals surface area contributed by atoms with Gasteiger partial charge in [0.25, 0.3) is 0 Å². The van der Waals surface area contributed by atoms with E-state index >= 15 is 0 Å². The highest BCUT2D eigenvalue weighted by atomic mass is 32.2. The van der Waals surface area contributed by atoms with Crippen molar-refractivity contribution in [2.24, 2.45) is 5.41 Å². The van der Waals surface area contributed by atoms with Crippen LogP contribution in [0.5, 0.6) is 0 Å². The van der Waals surface area contributed by atoms with Gasteiger partial charge in [0.2, 0.25) is 0 Å². The Morgan fingerprint density at radius 1 is 1.26 bits per heavy atom. The van der Waals surface area contributed by atoms with E-state index in [4.69, 9.17) is 5.11 Å². The molecule has 106 valence electrons. The van der Waals surface area contributed by atoms with Crippen LogP contribution in [0.3, 0.4) is 0 Å². The van der Waals surface area contributed by atoms with E-state index in [1.54, 1.807) is 0 Å². The molecule has 0 spiro atoms. The third-order valence-corrected chi connectivity index (χ3v) is 3.82. The molecule has 0 saturated carbocycles. The molecular weight excluding hydrogens is 278 g/mol. The summed E-state index contributed by atoms with van der Waals surface area (Å²) in [6.07, 6.45) is 0.529. The van der Waals surface area contributed by atoms with Crippen LogP contribution in [-0.4, -0.2) is 25.7 Å². The van der Waals surface area contributed by atoms with Gasteiger partial charge in [0.15, 0.2) is 9.84 Å². The van der Waals surface area contributed by atoms with E-state index in [0.717, 1.165) is 12.3 Å². The van der Waals surface area contributed by atoms with Crippen LogP contribution >= 0.6 is 0 Å². The molecule has 0 aliphatic rings. The van der Waals surface area contributed by atoms with Gasteiger partial charge in [-0.05, 0) is 38.0 Å².